The third kappa shape index (κ3) is 3.98. The summed E-state index contributed by atoms with van der Waals surface area (Å²) in [5.41, 5.74) is 1.84. The molecule has 0 unspecified atom stereocenters. The Labute approximate surface area is 195 Å². The summed E-state index contributed by atoms with van der Waals surface area (Å²) in [7, 11) is 0. The average molecular weight is 454 g/mol. The van der Waals surface area contributed by atoms with Crippen LogP contribution in [0.3, 0.4) is 0 Å². The third-order valence-electron chi connectivity index (χ3n) is 6.44. The smallest absolute Gasteiger partial charge is 0.277 e. The van der Waals surface area contributed by atoms with Crippen molar-refractivity contribution >= 4 is 11.4 Å². The number of benzene rings is 2. The topological polar surface area (TPSA) is 104 Å². The molecule has 1 saturated heterocycles. The van der Waals surface area contributed by atoms with Gasteiger partial charge in [-0.1, -0.05) is 30.3 Å². The van der Waals surface area contributed by atoms with E-state index in [-0.39, 0.29) is 18.0 Å². The predicted molar refractivity (Wildman–Crippen MR) is 126 cm³/mol. The highest BCUT2D eigenvalue weighted by Crippen LogP contribution is 2.27. The van der Waals surface area contributed by atoms with Gasteiger partial charge in [0.05, 0.1) is 23.8 Å². The first kappa shape index (κ1) is 21.6. The van der Waals surface area contributed by atoms with Crippen molar-refractivity contribution in [2.75, 3.05) is 13.1 Å². The Hall–Kier alpha value is -4.22. The number of rotatable bonds is 4. The van der Waals surface area contributed by atoms with Crippen LogP contribution in [0, 0.1) is 11.3 Å². The molecule has 0 spiro atoms. The van der Waals surface area contributed by atoms with E-state index in [4.69, 9.17) is 0 Å². The Bertz CT molecular complexity index is 1470. The molecule has 34 heavy (non-hydrogen) atoms. The summed E-state index contributed by atoms with van der Waals surface area (Å²) in [6.45, 7) is 0.886. The molecule has 2 aromatic heterocycles. The van der Waals surface area contributed by atoms with Crippen molar-refractivity contribution in [3.63, 3.8) is 0 Å². The van der Waals surface area contributed by atoms with Crippen LogP contribution in [0.4, 0.5) is 0 Å². The van der Waals surface area contributed by atoms with Gasteiger partial charge in [-0.05, 0) is 54.3 Å². The first-order chi connectivity index (χ1) is 16.5. The fourth-order valence-corrected chi connectivity index (χ4v) is 4.51. The molecule has 0 aliphatic carbocycles. The number of carbonyl (C=O) groups excluding carboxylic acids is 1. The number of aliphatic hydroxyl groups is 1. The summed E-state index contributed by atoms with van der Waals surface area (Å²) >= 11 is 0. The van der Waals surface area contributed by atoms with Crippen LogP contribution in [0.25, 0.3) is 16.6 Å². The second-order valence-corrected chi connectivity index (χ2v) is 8.66. The molecule has 1 fully saturated rings. The van der Waals surface area contributed by atoms with Gasteiger partial charge < -0.3 is 10.0 Å². The normalized spacial score (nSPS) is 15.2. The van der Waals surface area contributed by atoms with Gasteiger partial charge in [0.15, 0.2) is 0 Å². The van der Waals surface area contributed by atoms with Crippen LogP contribution in [0.15, 0.2) is 78.0 Å². The highest BCUT2D eigenvalue weighted by molar-refractivity contribution is 5.95. The van der Waals surface area contributed by atoms with Crippen molar-refractivity contribution < 1.29 is 9.90 Å². The molecule has 8 heteroatoms. The molecular weight excluding hydrogens is 430 g/mol. The third-order valence-corrected chi connectivity index (χ3v) is 6.44. The summed E-state index contributed by atoms with van der Waals surface area (Å²) in [4.78, 5) is 27.6. The van der Waals surface area contributed by atoms with E-state index in [9.17, 15) is 20.0 Å². The molecule has 0 saturated carbocycles. The van der Waals surface area contributed by atoms with Gasteiger partial charge in [0.1, 0.15) is 11.8 Å². The Morgan fingerprint density at radius 3 is 2.68 bits per heavy atom. The Morgan fingerprint density at radius 1 is 1.09 bits per heavy atom. The highest BCUT2D eigenvalue weighted by Gasteiger charge is 2.35. The second kappa shape index (κ2) is 8.61. The SMILES string of the molecule is N#Cc1ccccc1-c1cccc(C(=O)N2CCC(O)(Cn3cnn4cccc4c3=O)CC2)c1. The molecule has 170 valence electrons. The lowest BCUT2D eigenvalue weighted by Gasteiger charge is -2.38. The zero-order chi connectivity index (χ0) is 23.7. The van der Waals surface area contributed by atoms with Gasteiger partial charge in [-0.3, -0.25) is 14.2 Å². The molecule has 1 amide bonds. The van der Waals surface area contributed by atoms with Crippen molar-refractivity contribution in [3.05, 3.63) is 94.7 Å². The predicted octanol–water partition coefficient (Wildman–Crippen LogP) is 2.70. The number of hydrogen-bond acceptors (Lipinski definition) is 5. The molecule has 2 aromatic carbocycles. The molecule has 1 aliphatic heterocycles. The van der Waals surface area contributed by atoms with E-state index in [1.54, 1.807) is 41.4 Å². The van der Waals surface area contributed by atoms with Crippen molar-refractivity contribution in [1.82, 2.24) is 19.1 Å². The van der Waals surface area contributed by atoms with Gasteiger partial charge in [0.25, 0.3) is 11.5 Å². The maximum atomic E-state index is 13.2. The molecule has 1 aliphatic rings. The van der Waals surface area contributed by atoms with Crippen LogP contribution in [0.1, 0.15) is 28.8 Å². The summed E-state index contributed by atoms with van der Waals surface area (Å²) in [5.74, 6) is -0.119. The summed E-state index contributed by atoms with van der Waals surface area (Å²) in [6.07, 6.45) is 3.85. The van der Waals surface area contributed by atoms with Crippen molar-refractivity contribution in [2.24, 2.45) is 0 Å². The summed E-state index contributed by atoms with van der Waals surface area (Å²) in [6, 6.07) is 20.2. The monoisotopic (exact) mass is 453 g/mol. The standard InChI is InChI=1S/C26H23N5O3/c27-16-21-5-1-2-8-22(21)19-6-3-7-20(15-19)24(32)29-13-10-26(34,11-14-29)17-30-18-28-31-12-4-9-23(31)25(30)33/h1-9,12,15,18,34H,10-11,13-14,17H2. The fourth-order valence-electron chi connectivity index (χ4n) is 4.51. The molecule has 4 aromatic rings. The molecule has 0 bridgehead atoms. The van der Waals surface area contributed by atoms with Crippen molar-refractivity contribution in [1.29, 1.82) is 5.26 Å². The molecule has 8 nitrogen and oxygen atoms in total. The van der Waals surface area contributed by atoms with Gasteiger partial charge in [-0.25, -0.2) is 4.52 Å². The summed E-state index contributed by atoms with van der Waals surface area (Å²) < 4.78 is 2.94. The maximum Gasteiger partial charge on any atom is 0.277 e. The van der Waals surface area contributed by atoms with Crippen LogP contribution in [0.2, 0.25) is 0 Å². The lowest BCUT2D eigenvalue weighted by Crippen LogP contribution is -2.49. The first-order valence-electron chi connectivity index (χ1n) is 11.1. The van der Waals surface area contributed by atoms with Crippen LogP contribution in [-0.4, -0.2) is 48.8 Å². The molecule has 5 rings (SSSR count). The van der Waals surface area contributed by atoms with Crippen LogP contribution >= 0.6 is 0 Å². The van der Waals surface area contributed by atoms with Gasteiger partial charge in [-0.15, -0.1) is 0 Å². The Balaban J connectivity index is 1.30. The number of amides is 1. The quantitative estimate of drug-likeness (QED) is 0.512. The number of nitrogens with zero attached hydrogens (tertiary/aromatic N) is 5. The largest absolute Gasteiger partial charge is 0.388 e. The molecular formula is C26H23N5O3. The van der Waals surface area contributed by atoms with Gasteiger partial charge in [0.2, 0.25) is 0 Å². The van der Waals surface area contributed by atoms with E-state index in [1.165, 1.54) is 15.4 Å². The number of aromatic nitrogens is 3. The van der Waals surface area contributed by atoms with Crippen LogP contribution in [-0.2, 0) is 6.54 Å². The first-order valence-corrected chi connectivity index (χ1v) is 11.1. The van der Waals surface area contributed by atoms with E-state index in [0.29, 0.717) is 42.6 Å². The zero-order valence-corrected chi connectivity index (χ0v) is 18.5. The average Bonchev–Trinajstić information content (AvgIpc) is 3.36. The highest BCUT2D eigenvalue weighted by atomic mass is 16.3. The van der Waals surface area contributed by atoms with Crippen molar-refractivity contribution in [3.8, 4) is 17.2 Å². The number of likely N-dealkylation sites (tertiary alicyclic amines) is 1. The van der Waals surface area contributed by atoms with Gasteiger partial charge in [0, 0.05) is 24.8 Å². The Morgan fingerprint density at radius 2 is 1.88 bits per heavy atom. The van der Waals surface area contributed by atoms with Crippen LogP contribution in [0.5, 0.6) is 0 Å². The number of hydrogen-bond donors (Lipinski definition) is 1. The number of nitriles is 1. The Kier molecular flexibility index (Phi) is 5.48. The van der Waals surface area contributed by atoms with Crippen molar-refractivity contribution in [2.45, 2.75) is 25.0 Å². The minimum atomic E-state index is -1.10. The van der Waals surface area contributed by atoms with E-state index in [2.05, 4.69) is 11.2 Å². The lowest BCUT2D eigenvalue weighted by molar-refractivity contribution is -0.0300. The van der Waals surface area contributed by atoms with E-state index < -0.39 is 5.60 Å². The number of piperidine rings is 1. The molecule has 1 N–H and O–H groups in total. The number of fused-ring (bicyclic) bond motifs is 1. The van der Waals surface area contributed by atoms with E-state index >= 15 is 0 Å². The zero-order valence-electron chi connectivity index (χ0n) is 18.5. The number of carbonyl (C=O) groups is 1. The van der Waals surface area contributed by atoms with E-state index in [1.807, 2.05) is 30.3 Å². The van der Waals surface area contributed by atoms with Gasteiger partial charge >= 0.3 is 0 Å². The molecule has 0 radical (unpaired) electrons. The maximum absolute atomic E-state index is 13.2. The lowest BCUT2D eigenvalue weighted by atomic mass is 9.90. The second-order valence-electron chi connectivity index (χ2n) is 8.66. The molecule has 3 heterocycles. The van der Waals surface area contributed by atoms with Gasteiger partial charge in [-0.2, -0.15) is 10.4 Å². The summed E-state index contributed by atoms with van der Waals surface area (Å²) in [5, 5.41) is 24.7. The fraction of sp³-hybridized carbons (Fsp3) is 0.231. The minimum Gasteiger partial charge on any atom is -0.388 e. The minimum absolute atomic E-state index is 0.119. The van der Waals surface area contributed by atoms with E-state index in [0.717, 1.165) is 11.1 Å². The molecule has 0 atom stereocenters. The van der Waals surface area contributed by atoms with Crippen LogP contribution < -0.4 is 5.56 Å².